The first kappa shape index (κ1) is 10.5. The second kappa shape index (κ2) is 4.11. The van der Waals surface area contributed by atoms with Gasteiger partial charge < -0.3 is 5.11 Å². The molecule has 1 aromatic heterocycles. The Balaban J connectivity index is 2.55. The second-order valence-corrected chi connectivity index (χ2v) is 4.10. The molecular weight excluding hydrogens is 186 g/mol. The van der Waals surface area contributed by atoms with E-state index < -0.39 is 6.10 Å². The summed E-state index contributed by atoms with van der Waals surface area (Å²) in [6.07, 6.45) is 2.60. The van der Waals surface area contributed by atoms with E-state index in [1.807, 2.05) is 13.8 Å². The molecule has 0 saturated heterocycles. The third kappa shape index (κ3) is 2.70. The Morgan fingerprint density at radius 1 is 1.62 bits per heavy atom. The number of aliphatic hydroxyl groups is 1. The Bertz CT molecular complexity index is 248. The lowest BCUT2D eigenvalue weighted by Crippen LogP contribution is -2.34. The predicted molar refractivity (Wildman–Crippen MR) is 53.7 cm³/mol. The minimum Gasteiger partial charge on any atom is -0.391 e. The molecule has 1 rings (SSSR count). The summed E-state index contributed by atoms with van der Waals surface area (Å²) >= 11 is 4.19. The normalized spacial score (nSPS) is 14.5. The van der Waals surface area contributed by atoms with E-state index in [0.29, 0.717) is 12.3 Å². The topological polar surface area (TPSA) is 50.9 Å². The monoisotopic (exact) mass is 201 g/mol. The molecule has 0 radical (unpaired) electrons. The van der Waals surface area contributed by atoms with Crippen LogP contribution in [-0.4, -0.2) is 31.7 Å². The predicted octanol–water partition coefficient (Wildman–Crippen LogP) is 0.595. The van der Waals surface area contributed by atoms with E-state index >= 15 is 0 Å². The third-order valence-corrected chi connectivity index (χ3v) is 2.95. The lowest BCUT2D eigenvalue weighted by Gasteiger charge is -2.28. The highest BCUT2D eigenvalue weighted by Crippen LogP contribution is 2.22. The van der Waals surface area contributed by atoms with Gasteiger partial charge in [0.25, 0.3) is 0 Å². The van der Waals surface area contributed by atoms with Crippen molar-refractivity contribution >= 4 is 12.6 Å². The maximum atomic E-state index is 9.81. The molecule has 4 nitrogen and oxygen atoms in total. The lowest BCUT2D eigenvalue weighted by atomic mass is 9.89. The standard InChI is InChI=1S/C8H15N3OS/c1-8(2,4-13)7(12)3-11-6-9-5-10-11/h5-7,12-13H,3-4H2,1-2H3. The molecule has 0 amide bonds. The Morgan fingerprint density at radius 3 is 2.77 bits per heavy atom. The van der Waals surface area contributed by atoms with Gasteiger partial charge in [-0.1, -0.05) is 13.8 Å². The Hall–Kier alpha value is -0.550. The van der Waals surface area contributed by atoms with Gasteiger partial charge in [0.05, 0.1) is 12.6 Å². The van der Waals surface area contributed by atoms with Gasteiger partial charge >= 0.3 is 0 Å². The fraction of sp³-hybridized carbons (Fsp3) is 0.750. The molecular formula is C8H15N3OS. The number of hydrogen-bond donors (Lipinski definition) is 2. The number of aliphatic hydroxyl groups excluding tert-OH is 1. The van der Waals surface area contributed by atoms with Crippen molar-refractivity contribution in [3.63, 3.8) is 0 Å². The van der Waals surface area contributed by atoms with E-state index in [0.717, 1.165) is 0 Å². The van der Waals surface area contributed by atoms with Crippen LogP contribution in [0, 0.1) is 5.41 Å². The van der Waals surface area contributed by atoms with E-state index in [2.05, 4.69) is 22.7 Å². The first-order valence-electron chi connectivity index (χ1n) is 4.17. The van der Waals surface area contributed by atoms with Crippen molar-refractivity contribution in [2.45, 2.75) is 26.5 Å². The molecule has 1 unspecified atom stereocenters. The number of rotatable bonds is 4. The van der Waals surface area contributed by atoms with Crippen LogP contribution in [0.25, 0.3) is 0 Å². The highest BCUT2D eigenvalue weighted by molar-refractivity contribution is 7.80. The van der Waals surface area contributed by atoms with Gasteiger partial charge in [-0.3, -0.25) is 4.68 Å². The number of aromatic nitrogens is 3. The van der Waals surface area contributed by atoms with Crippen molar-refractivity contribution in [3.05, 3.63) is 12.7 Å². The number of thiol groups is 1. The summed E-state index contributed by atoms with van der Waals surface area (Å²) in [7, 11) is 0. The van der Waals surface area contributed by atoms with Crippen LogP contribution in [0.2, 0.25) is 0 Å². The van der Waals surface area contributed by atoms with Gasteiger partial charge in [-0.25, -0.2) is 4.98 Å². The summed E-state index contributed by atoms with van der Waals surface area (Å²) in [5.41, 5.74) is -0.199. The summed E-state index contributed by atoms with van der Waals surface area (Å²) in [6, 6.07) is 0. The zero-order chi connectivity index (χ0) is 9.90. The van der Waals surface area contributed by atoms with Gasteiger partial charge in [-0.05, 0) is 5.75 Å². The van der Waals surface area contributed by atoms with E-state index in [4.69, 9.17) is 0 Å². The Morgan fingerprint density at radius 2 is 2.31 bits per heavy atom. The van der Waals surface area contributed by atoms with Gasteiger partial charge in [-0.15, -0.1) is 0 Å². The van der Waals surface area contributed by atoms with Crippen LogP contribution in [-0.2, 0) is 6.54 Å². The molecule has 0 aliphatic rings. The highest BCUT2D eigenvalue weighted by Gasteiger charge is 2.26. The minimum absolute atomic E-state index is 0.199. The summed E-state index contributed by atoms with van der Waals surface area (Å²) in [5.74, 6) is 0.642. The van der Waals surface area contributed by atoms with Crippen molar-refractivity contribution in [1.82, 2.24) is 14.8 Å². The smallest absolute Gasteiger partial charge is 0.137 e. The maximum Gasteiger partial charge on any atom is 0.137 e. The molecule has 0 aliphatic carbocycles. The molecule has 0 spiro atoms. The molecule has 0 bridgehead atoms. The van der Waals surface area contributed by atoms with E-state index in [1.54, 1.807) is 11.0 Å². The van der Waals surface area contributed by atoms with Crippen molar-refractivity contribution < 1.29 is 5.11 Å². The van der Waals surface area contributed by atoms with Crippen LogP contribution < -0.4 is 0 Å². The summed E-state index contributed by atoms with van der Waals surface area (Å²) in [6.45, 7) is 4.41. The second-order valence-electron chi connectivity index (χ2n) is 3.78. The first-order valence-corrected chi connectivity index (χ1v) is 4.81. The largest absolute Gasteiger partial charge is 0.391 e. The summed E-state index contributed by atoms with van der Waals surface area (Å²) in [4.78, 5) is 3.80. The average molecular weight is 201 g/mol. The number of nitrogens with zero attached hydrogens (tertiary/aromatic N) is 3. The fourth-order valence-corrected chi connectivity index (χ4v) is 1.07. The zero-order valence-electron chi connectivity index (χ0n) is 7.88. The van der Waals surface area contributed by atoms with E-state index in [-0.39, 0.29) is 5.41 Å². The van der Waals surface area contributed by atoms with Gasteiger partial charge in [0, 0.05) is 5.41 Å². The SMILES string of the molecule is CC(C)(CS)C(O)Cn1cncn1. The van der Waals surface area contributed by atoms with Crippen molar-refractivity contribution in [3.8, 4) is 0 Å². The van der Waals surface area contributed by atoms with Gasteiger partial charge in [0.1, 0.15) is 12.7 Å². The highest BCUT2D eigenvalue weighted by atomic mass is 32.1. The molecule has 5 heteroatoms. The van der Waals surface area contributed by atoms with Crippen molar-refractivity contribution in [1.29, 1.82) is 0 Å². The van der Waals surface area contributed by atoms with Crippen molar-refractivity contribution in [2.24, 2.45) is 5.41 Å². The van der Waals surface area contributed by atoms with Crippen LogP contribution in [0.3, 0.4) is 0 Å². The molecule has 74 valence electrons. The van der Waals surface area contributed by atoms with Crippen LogP contribution in [0.5, 0.6) is 0 Å². The number of hydrogen-bond acceptors (Lipinski definition) is 4. The zero-order valence-corrected chi connectivity index (χ0v) is 8.78. The van der Waals surface area contributed by atoms with Crippen LogP contribution >= 0.6 is 12.6 Å². The van der Waals surface area contributed by atoms with Crippen LogP contribution in [0.1, 0.15) is 13.8 Å². The summed E-state index contributed by atoms with van der Waals surface area (Å²) < 4.78 is 1.62. The summed E-state index contributed by atoms with van der Waals surface area (Å²) in [5, 5.41) is 13.7. The molecule has 0 aliphatic heterocycles. The minimum atomic E-state index is -0.452. The molecule has 1 aromatic rings. The Kier molecular flexibility index (Phi) is 3.33. The van der Waals surface area contributed by atoms with E-state index in [9.17, 15) is 5.11 Å². The fourth-order valence-electron chi connectivity index (χ4n) is 0.857. The van der Waals surface area contributed by atoms with E-state index in [1.165, 1.54) is 6.33 Å². The quantitative estimate of drug-likeness (QED) is 0.701. The molecule has 0 saturated carbocycles. The van der Waals surface area contributed by atoms with Gasteiger partial charge in [0.15, 0.2) is 0 Å². The molecule has 0 aromatic carbocycles. The maximum absolute atomic E-state index is 9.81. The molecule has 1 atom stereocenters. The van der Waals surface area contributed by atoms with Crippen LogP contribution in [0.15, 0.2) is 12.7 Å². The van der Waals surface area contributed by atoms with Gasteiger partial charge in [0.2, 0.25) is 0 Å². The Labute approximate surface area is 83.4 Å². The van der Waals surface area contributed by atoms with Gasteiger partial charge in [-0.2, -0.15) is 17.7 Å². The average Bonchev–Trinajstić information content (AvgIpc) is 2.57. The lowest BCUT2D eigenvalue weighted by molar-refractivity contribution is 0.0482. The molecule has 13 heavy (non-hydrogen) atoms. The molecule has 0 fully saturated rings. The van der Waals surface area contributed by atoms with Crippen molar-refractivity contribution in [2.75, 3.05) is 5.75 Å². The third-order valence-electron chi connectivity index (χ3n) is 2.14. The molecule has 1 heterocycles. The molecule has 1 N–H and O–H groups in total. The first-order chi connectivity index (χ1) is 6.06. The van der Waals surface area contributed by atoms with Crippen LogP contribution in [0.4, 0.5) is 0 Å².